The number of pyridine rings is 1. The van der Waals surface area contributed by atoms with Crippen LogP contribution in [0.1, 0.15) is 26.3 Å². The molecule has 1 aromatic heterocycles. The van der Waals surface area contributed by atoms with Crippen molar-refractivity contribution in [2.75, 3.05) is 6.54 Å². The van der Waals surface area contributed by atoms with E-state index in [1.165, 1.54) is 0 Å². The number of aliphatic carboxylic acids is 1. The summed E-state index contributed by atoms with van der Waals surface area (Å²) in [5.41, 5.74) is 0.551. The summed E-state index contributed by atoms with van der Waals surface area (Å²) in [6, 6.07) is 3.73. The van der Waals surface area contributed by atoms with Crippen LogP contribution in [0.4, 0.5) is 0 Å². The Morgan fingerprint density at radius 1 is 1.30 bits per heavy atom. The van der Waals surface area contributed by atoms with Crippen molar-refractivity contribution in [2.45, 2.75) is 27.3 Å². The molecule has 1 heterocycles. The molecule has 1 aliphatic rings. The van der Waals surface area contributed by atoms with Gasteiger partial charge < -0.3 is 10.0 Å². The number of hydrogen-bond acceptors (Lipinski definition) is 3. The molecule has 1 amide bonds. The SMILES string of the molecule is CCN(Cc1ccncc1)C(=O)C1C(C(=O)O)C1(C)C. The first-order valence-electron chi connectivity index (χ1n) is 6.80. The number of carbonyl (C=O) groups is 2. The highest BCUT2D eigenvalue weighted by molar-refractivity contribution is 5.91. The van der Waals surface area contributed by atoms with E-state index in [4.69, 9.17) is 0 Å². The normalized spacial score (nSPS) is 23.1. The van der Waals surface area contributed by atoms with Gasteiger partial charge in [0.15, 0.2) is 0 Å². The van der Waals surface area contributed by atoms with E-state index < -0.39 is 23.2 Å². The molecule has 0 aliphatic heterocycles. The lowest BCUT2D eigenvalue weighted by atomic mass is 10.1. The van der Waals surface area contributed by atoms with E-state index in [-0.39, 0.29) is 5.91 Å². The minimum Gasteiger partial charge on any atom is -0.481 e. The lowest BCUT2D eigenvalue weighted by molar-refractivity contribution is -0.142. The van der Waals surface area contributed by atoms with Gasteiger partial charge >= 0.3 is 5.97 Å². The van der Waals surface area contributed by atoms with Crippen molar-refractivity contribution >= 4 is 11.9 Å². The van der Waals surface area contributed by atoms with Crippen LogP contribution in [0.15, 0.2) is 24.5 Å². The molecule has 1 N–H and O–H groups in total. The van der Waals surface area contributed by atoms with Crippen molar-refractivity contribution in [3.05, 3.63) is 30.1 Å². The molecule has 0 saturated heterocycles. The summed E-state index contributed by atoms with van der Waals surface area (Å²) in [6.45, 7) is 6.66. The summed E-state index contributed by atoms with van der Waals surface area (Å²) in [7, 11) is 0. The zero-order valence-electron chi connectivity index (χ0n) is 12.0. The topological polar surface area (TPSA) is 70.5 Å². The molecule has 108 valence electrons. The maximum atomic E-state index is 12.5. The van der Waals surface area contributed by atoms with Crippen molar-refractivity contribution in [1.29, 1.82) is 0 Å². The van der Waals surface area contributed by atoms with Crippen LogP contribution in [0.5, 0.6) is 0 Å². The van der Waals surface area contributed by atoms with Crippen LogP contribution < -0.4 is 0 Å². The van der Waals surface area contributed by atoms with E-state index in [9.17, 15) is 14.7 Å². The Morgan fingerprint density at radius 3 is 2.35 bits per heavy atom. The predicted molar refractivity (Wildman–Crippen MR) is 73.7 cm³/mol. The molecule has 20 heavy (non-hydrogen) atoms. The Balaban J connectivity index is 2.09. The van der Waals surface area contributed by atoms with Gasteiger partial charge in [-0.25, -0.2) is 0 Å². The number of amides is 1. The lowest BCUT2D eigenvalue weighted by Gasteiger charge is -2.21. The van der Waals surface area contributed by atoms with Gasteiger partial charge in [0.05, 0.1) is 11.8 Å². The average Bonchev–Trinajstić information content (AvgIpc) is 2.99. The van der Waals surface area contributed by atoms with Gasteiger partial charge in [0.2, 0.25) is 5.91 Å². The summed E-state index contributed by atoms with van der Waals surface area (Å²) in [5, 5.41) is 9.17. The maximum absolute atomic E-state index is 12.5. The highest BCUT2D eigenvalue weighted by atomic mass is 16.4. The number of hydrogen-bond donors (Lipinski definition) is 1. The van der Waals surface area contributed by atoms with E-state index in [1.807, 2.05) is 32.9 Å². The first-order chi connectivity index (χ1) is 9.39. The quantitative estimate of drug-likeness (QED) is 0.890. The van der Waals surface area contributed by atoms with Gasteiger partial charge in [-0.2, -0.15) is 0 Å². The second-order valence-electron chi connectivity index (χ2n) is 5.82. The van der Waals surface area contributed by atoms with Gasteiger partial charge in [-0.15, -0.1) is 0 Å². The van der Waals surface area contributed by atoms with Gasteiger partial charge in [-0.05, 0) is 30.0 Å². The second kappa shape index (κ2) is 5.23. The molecule has 2 atom stereocenters. The Kier molecular flexibility index (Phi) is 3.79. The monoisotopic (exact) mass is 276 g/mol. The van der Waals surface area contributed by atoms with Crippen molar-refractivity contribution in [1.82, 2.24) is 9.88 Å². The number of rotatable bonds is 5. The van der Waals surface area contributed by atoms with Crippen molar-refractivity contribution in [3.8, 4) is 0 Å². The molecule has 1 aliphatic carbocycles. The predicted octanol–water partition coefficient (Wildman–Crippen LogP) is 1.79. The number of aromatic nitrogens is 1. The van der Waals surface area contributed by atoms with Crippen LogP contribution in [0, 0.1) is 17.3 Å². The third-order valence-electron chi connectivity index (χ3n) is 4.18. The Hall–Kier alpha value is -1.91. The molecule has 1 fully saturated rings. The smallest absolute Gasteiger partial charge is 0.307 e. The lowest BCUT2D eigenvalue weighted by Crippen LogP contribution is -2.33. The summed E-state index contributed by atoms with van der Waals surface area (Å²) < 4.78 is 0. The molecule has 5 nitrogen and oxygen atoms in total. The summed E-state index contributed by atoms with van der Waals surface area (Å²) in [4.78, 5) is 29.4. The molecular formula is C15H20N2O3. The molecule has 2 unspecified atom stereocenters. The number of carbonyl (C=O) groups excluding carboxylic acids is 1. The van der Waals surface area contributed by atoms with Gasteiger partial charge in [0.1, 0.15) is 0 Å². The summed E-state index contributed by atoms with van der Waals surface area (Å²) >= 11 is 0. The fourth-order valence-electron chi connectivity index (χ4n) is 2.81. The average molecular weight is 276 g/mol. The minimum absolute atomic E-state index is 0.0679. The molecule has 0 aromatic carbocycles. The molecule has 0 radical (unpaired) electrons. The van der Waals surface area contributed by atoms with Crippen molar-refractivity contribution in [3.63, 3.8) is 0 Å². The zero-order chi connectivity index (χ0) is 14.9. The molecule has 0 bridgehead atoms. The minimum atomic E-state index is -0.881. The van der Waals surface area contributed by atoms with Crippen molar-refractivity contribution < 1.29 is 14.7 Å². The first kappa shape index (κ1) is 14.5. The molecule has 1 saturated carbocycles. The van der Waals surface area contributed by atoms with E-state index in [1.54, 1.807) is 17.3 Å². The van der Waals surface area contributed by atoms with Gasteiger partial charge in [0, 0.05) is 25.5 Å². The first-order valence-corrected chi connectivity index (χ1v) is 6.80. The summed E-state index contributed by atoms with van der Waals surface area (Å²) in [5.74, 6) is -1.93. The van der Waals surface area contributed by atoms with Crippen LogP contribution in [0.3, 0.4) is 0 Å². The maximum Gasteiger partial charge on any atom is 0.307 e. The van der Waals surface area contributed by atoms with Gasteiger partial charge in [-0.1, -0.05) is 13.8 Å². The third-order valence-corrected chi connectivity index (χ3v) is 4.18. The van der Waals surface area contributed by atoms with Gasteiger partial charge in [0.25, 0.3) is 0 Å². The van der Waals surface area contributed by atoms with E-state index >= 15 is 0 Å². The van der Waals surface area contributed by atoms with E-state index in [0.717, 1.165) is 5.56 Å². The Labute approximate surface area is 118 Å². The van der Waals surface area contributed by atoms with Crippen LogP contribution >= 0.6 is 0 Å². The van der Waals surface area contributed by atoms with Crippen LogP contribution in [0.25, 0.3) is 0 Å². The molecule has 0 spiro atoms. The largest absolute Gasteiger partial charge is 0.481 e. The number of carboxylic acid groups (broad SMARTS) is 1. The molecule has 5 heteroatoms. The summed E-state index contributed by atoms with van der Waals surface area (Å²) in [6.07, 6.45) is 3.38. The van der Waals surface area contributed by atoms with Crippen LogP contribution in [-0.4, -0.2) is 33.4 Å². The second-order valence-corrected chi connectivity index (χ2v) is 5.82. The highest BCUT2D eigenvalue weighted by Crippen LogP contribution is 2.59. The zero-order valence-corrected chi connectivity index (χ0v) is 12.0. The highest BCUT2D eigenvalue weighted by Gasteiger charge is 2.66. The van der Waals surface area contributed by atoms with E-state index in [0.29, 0.717) is 13.1 Å². The van der Waals surface area contributed by atoms with Crippen LogP contribution in [-0.2, 0) is 16.1 Å². The van der Waals surface area contributed by atoms with E-state index in [2.05, 4.69) is 4.98 Å². The number of nitrogens with zero attached hydrogens (tertiary/aromatic N) is 2. The Bertz CT molecular complexity index is 513. The number of carboxylic acids is 1. The van der Waals surface area contributed by atoms with Gasteiger partial charge in [-0.3, -0.25) is 14.6 Å². The fourth-order valence-corrected chi connectivity index (χ4v) is 2.81. The molecule has 2 rings (SSSR count). The van der Waals surface area contributed by atoms with Crippen LogP contribution in [0.2, 0.25) is 0 Å². The Morgan fingerprint density at radius 2 is 1.90 bits per heavy atom. The fraction of sp³-hybridized carbons (Fsp3) is 0.533. The van der Waals surface area contributed by atoms with Crippen molar-refractivity contribution in [2.24, 2.45) is 17.3 Å². The third kappa shape index (κ3) is 2.53. The molecular weight excluding hydrogens is 256 g/mol. The molecule has 1 aromatic rings. The standard InChI is InChI=1S/C15H20N2O3/c1-4-17(9-10-5-7-16-8-6-10)13(18)11-12(14(19)20)15(11,2)3/h5-8,11-12H,4,9H2,1-3H3,(H,19,20).